The molecule has 0 unspecified atom stereocenters. The predicted molar refractivity (Wildman–Crippen MR) is 86.2 cm³/mol. The van der Waals surface area contributed by atoms with E-state index in [1.807, 2.05) is 48.5 Å². The van der Waals surface area contributed by atoms with Gasteiger partial charge in [-0.15, -0.1) is 10.2 Å². The molecule has 0 saturated heterocycles. The van der Waals surface area contributed by atoms with Crippen molar-refractivity contribution in [2.45, 2.75) is 13.0 Å². The summed E-state index contributed by atoms with van der Waals surface area (Å²) >= 11 is 0. The first-order chi connectivity index (χ1) is 11.7. The standard InChI is InChI=1S/C18H16N2O4/c1-13(23-16(21)12-22-15-10-6-3-7-11-15)17-19-20-18(24-17)14-8-4-2-5-9-14/h2-11,13H,12H2,1H3/t13-/m0/s1. The van der Waals surface area contributed by atoms with Gasteiger partial charge in [-0.3, -0.25) is 0 Å². The first kappa shape index (κ1) is 15.7. The van der Waals surface area contributed by atoms with Crippen LogP contribution in [-0.2, 0) is 9.53 Å². The van der Waals surface area contributed by atoms with Crippen LogP contribution in [0.15, 0.2) is 65.1 Å². The summed E-state index contributed by atoms with van der Waals surface area (Å²) in [4.78, 5) is 11.8. The van der Waals surface area contributed by atoms with E-state index in [4.69, 9.17) is 13.9 Å². The molecule has 1 atom stereocenters. The maximum Gasteiger partial charge on any atom is 0.344 e. The highest BCUT2D eigenvalue weighted by molar-refractivity contribution is 5.71. The van der Waals surface area contributed by atoms with Crippen LogP contribution in [0.4, 0.5) is 0 Å². The molecule has 0 amide bonds. The SMILES string of the molecule is C[C@H](OC(=O)COc1ccccc1)c1nnc(-c2ccccc2)o1. The summed E-state index contributed by atoms with van der Waals surface area (Å²) in [7, 11) is 0. The van der Waals surface area contributed by atoms with E-state index in [-0.39, 0.29) is 12.5 Å². The minimum atomic E-state index is -0.651. The van der Waals surface area contributed by atoms with Gasteiger partial charge >= 0.3 is 5.97 Å². The number of hydrogen-bond donors (Lipinski definition) is 0. The molecule has 0 saturated carbocycles. The van der Waals surface area contributed by atoms with Crippen molar-refractivity contribution in [2.24, 2.45) is 0 Å². The van der Waals surface area contributed by atoms with Crippen molar-refractivity contribution in [3.05, 3.63) is 66.6 Å². The Kier molecular flexibility index (Phi) is 4.86. The van der Waals surface area contributed by atoms with Gasteiger partial charge < -0.3 is 13.9 Å². The number of aromatic nitrogens is 2. The zero-order chi connectivity index (χ0) is 16.8. The van der Waals surface area contributed by atoms with Crippen LogP contribution >= 0.6 is 0 Å². The lowest BCUT2D eigenvalue weighted by Gasteiger charge is -2.10. The van der Waals surface area contributed by atoms with Gasteiger partial charge in [0.15, 0.2) is 12.7 Å². The molecule has 6 heteroatoms. The summed E-state index contributed by atoms with van der Waals surface area (Å²) in [6, 6.07) is 18.4. The number of rotatable bonds is 6. The number of benzene rings is 2. The number of carbonyl (C=O) groups excluding carboxylic acids is 1. The Labute approximate surface area is 139 Å². The number of carbonyl (C=O) groups is 1. The molecule has 24 heavy (non-hydrogen) atoms. The number of esters is 1. The van der Waals surface area contributed by atoms with Crippen LogP contribution in [-0.4, -0.2) is 22.8 Å². The Morgan fingerprint density at radius 3 is 2.42 bits per heavy atom. The van der Waals surface area contributed by atoms with Gasteiger partial charge in [-0.25, -0.2) is 4.79 Å². The van der Waals surface area contributed by atoms with Crippen LogP contribution in [0.2, 0.25) is 0 Å². The Bertz CT molecular complexity index is 787. The van der Waals surface area contributed by atoms with Gasteiger partial charge in [0.25, 0.3) is 5.89 Å². The molecule has 3 aromatic rings. The maximum atomic E-state index is 11.8. The van der Waals surface area contributed by atoms with E-state index in [2.05, 4.69) is 10.2 Å². The fraction of sp³-hybridized carbons (Fsp3) is 0.167. The van der Waals surface area contributed by atoms with E-state index in [0.29, 0.717) is 11.6 Å². The van der Waals surface area contributed by atoms with Crippen LogP contribution in [0.5, 0.6) is 5.75 Å². The summed E-state index contributed by atoms with van der Waals surface area (Å²) in [5, 5.41) is 7.90. The van der Waals surface area contributed by atoms with Gasteiger partial charge in [-0.1, -0.05) is 36.4 Å². The lowest BCUT2D eigenvalue weighted by Crippen LogP contribution is -2.17. The summed E-state index contributed by atoms with van der Waals surface area (Å²) in [6.07, 6.45) is -0.651. The first-order valence-corrected chi connectivity index (χ1v) is 7.48. The molecule has 0 N–H and O–H groups in total. The summed E-state index contributed by atoms with van der Waals surface area (Å²) in [5.41, 5.74) is 0.808. The van der Waals surface area contributed by atoms with E-state index in [0.717, 1.165) is 5.56 Å². The molecule has 2 aromatic carbocycles. The normalized spacial score (nSPS) is 11.7. The third-order valence-electron chi connectivity index (χ3n) is 3.22. The Morgan fingerprint density at radius 2 is 1.71 bits per heavy atom. The Hall–Kier alpha value is -3.15. The highest BCUT2D eigenvalue weighted by Crippen LogP contribution is 2.22. The van der Waals surface area contributed by atoms with Crippen molar-refractivity contribution in [3.8, 4) is 17.2 Å². The fourth-order valence-corrected chi connectivity index (χ4v) is 2.04. The minimum Gasteiger partial charge on any atom is -0.482 e. The molecule has 0 aliphatic rings. The topological polar surface area (TPSA) is 74.5 Å². The molecule has 0 aliphatic heterocycles. The summed E-state index contributed by atoms with van der Waals surface area (Å²) in [6.45, 7) is 1.48. The van der Waals surface area contributed by atoms with Gasteiger partial charge in [0.2, 0.25) is 5.89 Å². The van der Waals surface area contributed by atoms with Crippen molar-refractivity contribution in [1.29, 1.82) is 0 Å². The molecule has 122 valence electrons. The molecular formula is C18H16N2O4. The second-order valence-corrected chi connectivity index (χ2v) is 5.05. The van der Waals surface area contributed by atoms with Crippen molar-refractivity contribution < 1.29 is 18.7 Å². The second kappa shape index (κ2) is 7.41. The third kappa shape index (κ3) is 3.98. The van der Waals surface area contributed by atoms with Crippen molar-refractivity contribution in [1.82, 2.24) is 10.2 Å². The van der Waals surface area contributed by atoms with Crippen LogP contribution < -0.4 is 4.74 Å². The van der Waals surface area contributed by atoms with E-state index in [1.54, 1.807) is 19.1 Å². The molecule has 3 rings (SSSR count). The highest BCUT2D eigenvalue weighted by atomic mass is 16.6. The number of nitrogens with zero attached hydrogens (tertiary/aromatic N) is 2. The molecule has 1 heterocycles. The van der Waals surface area contributed by atoms with Crippen LogP contribution in [0.1, 0.15) is 18.9 Å². The Balaban J connectivity index is 1.56. The third-order valence-corrected chi connectivity index (χ3v) is 3.22. The average molecular weight is 324 g/mol. The monoisotopic (exact) mass is 324 g/mol. The maximum absolute atomic E-state index is 11.8. The molecule has 6 nitrogen and oxygen atoms in total. The largest absolute Gasteiger partial charge is 0.482 e. The van der Waals surface area contributed by atoms with Gasteiger partial charge in [-0.2, -0.15) is 0 Å². The summed E-state index contributed by atoms with van der Waals surface area (Å²) in [5.74, 6) is 0.716. The zero-order valence-corrected chi connectivity index (χ0v) is 13.1. The molecule has 0 bridgehead atoms. The molecule has 0 aliphatic carbocycles. The lowest BCUT2D eigenvalue weighted by atomic mass is 10.2. The van der Waals surface area contributed by atoms with Crippen LogP contribution in [0.3, 0.4) is 0 Å². The van der Waals surface area contributed by atoms with Gasteiger partial charge in [0, 0.05) is 5.56 Å². The quantitative estimate of drug-likeness (QED) is 0.647. The number of para-hydroxylation sites is 1. The summed E-state index contributed by atoms with van der Waals surface area (Å²) < 4.78 is 16.1. The number of hydrogen-bond acceptors (Lipinski definition) is 6. The van der Waals surface area contributed by atoms with Crippen LogP contribution in [0.25, 0.3) is 11.5 Å². The molecular weight excluding hydrogens is 308 g/mol. The molecule has 1 aromatic heterocycles. The van der Waals surface area contributed by atoms with Gasteiger partial charge in [-0.05, 0) is 31.2 Å². The fourth-order valence-electron chi connectivity index (χ4n) is 2.04. The first-order valence-electron chi connectivity index (χ1n) is 7.48. The predicted octanol–water partition coefficient (Wildman–Crippen LogP) is 3.42. The lowest BCUT2D eigenvalue weighted by molar-refractivity contribution is -0.152. The second-order valence-electron chi connectivity index (χ2n) is 5.05. The van der Waals surface area contributed by atoms with E-state index < -0.39 is 12.1 Å². The smallest absolute Gasteiger partial charge is 0.344 e. The van der Waals surface area contributed by atoms with Gasteiger partial charge in [0.05, 0.1) is 0 Å². The average Bonchev–Trinajstić information content (AvgIpc) is 3.12. The zero-order valence-electron chi connectivity index (χ0n) is 13.1. The Morgan fingerprint density at radius 1 is 1.04 bits per heavy atom. The van der Waals surface area contributed by atoms with E-state index >= 15 is 0 Å². The van der Waals surface area contributed by atoms with Crippen molar-refractivity contribution in [3.63, 3.8) is 0 Å². The number of ether oxygens (including phenoxy) is 2. The van der Waals surface area contributed by atoms with Gasteiger partial charge in [0.1, 0.15) is 5.75 Å². The van der Waals surface area contributed by atoms with Crippen molar-refractivity contribution in [2.75, 3.05) is 6.61 Å². The van der Waals surface area contributed by atoms with Crippen LogP contribution in [0, 0.1) is 0 Å². The van der Waals surface area contributed by atoms with Crippen molar-refractivity contribution >= 4 is 5.97 Å². The van der Waals surface area contributed by atoms with E-state index in [1.165, 1.54) is 0 Å². The molecule has 0 fully saturated rings. The van der Waals surface area contributed by atoms with E-state index in [9.17, 15) is 4.79 Å². The molecule has 0 radical (unpaired) electrons. The minimum absolute atomic E-state index is 0.186. The molecule has 0 spiro atoms. The highest BCUT2D eigenvalue weighted by Gasteiger charge is 2.19.